The Morgan fingerprint density at radius 3 is 2.32 bits per heavy atom. The molecule has 1 fully saturated rings. The number of hydrogen-bond donors (Lipinski definition) is 1. The van der Waals surface area contributed by atoms with E-state index in [9.17, 15) is 5.11 Å². The summed E-state index contributed by atoms with van der Waals surface area (Å²) in [6.45, 7) is 16.7. The van der Waals surface area contributed by atoms with Gasteiger partial charge in [0.1, 0.15) is 0 Å². The third-order valence-electron chi connectivity index (χ3n) is 4.64. The summed E-state index contributed by atoms with van der Waals surface area (Å²) in [4.78, 5) is 0. The molecule has 0 aromatic rings. The summed E-state index contributed by atoms with van der Waals surface area (Å²) >= 11 is 0. The van der Waals surface area contributed by atoms with Crippen LogP contribution in [-0.4, -0.2) is 48.8 Å². The molecule has 3 atom stereocenters. The summed E-state index contributed by atoms with van der Waals surface area (Å²) in [5.74, 6) is 1.41. The molecule has 1 aliphatic heterocycles. The first kappa shape index (κ1) is 19.9. The van der Waals surface area contributed by atoms with Crippen molar-refractivity contribution < 1.29 is 19.3 Å². The lowest BCUT2D eigenvalue weighted by Crippen LogP contribution is -2.46. The molecule has 132 valence electrons. The molecule has 0 saturated carbocycles. The van der Waals surface area contributed by atoms with Crippen molar-refractivity contribution in [3.63, 3.8) is 0 Å². The highest BCUT2D eigenvalue weighted by atomic mass is 16.5. The predicted octanol–water partition coefficient (Wildman–Crippen LogP) is 3.27. The summed E-state index contributed by atoms with van der Waals surface area (Å²) in [5.41, 5.74) is -1.23. The van der Waals surface area contributed by atoms with Gasteiger partial charge in [0.2, 0.25) is 0 Å². The molecular formula is C18H36O4. The maximum Gasteiger partial charge on any atom is 0.0824 e. The van der Waals surface area contributed by atoms with Gasteiger partial charge in [-0.25, -0.2) is 0 Å². The fourth-order valence-corrected chi connectivity index (χ4v) is 2.90. The monoisotopic (exact) mass is 316 g/mol. The Labute approximate surface area is 136 Å². The molecule has 1 aliphatic rings. The van der Waals surface area contributed by atoms with Crippen LogP contribution in [0.2, 0.25) is 0 Å². The van der Waals surface area contributed by atoms with Crippen LogP contribution in [0.3, 0.4) is 0 Å². The summed E-state index contributed by atoms with van der Waals surface area (Å²) in [6, 6.07) is 0. The number of ether oxygens (including phenoxy) is 3. The molecule has 1 rings (SSSR count). The van der Waals surface area contributed by atoms with Crippen LogP contribution in [0.25, 0.3) is 0 Å². The quantitative estimate of drug-likeness (QED) is 0.709. The van der Waals surface area contributed by atoms with Crippen molar-refractivity contribution >= 4 is 0 Å². The van der Waals surface area contributed by atoms with E-state index >= 15 is 0 Å². The van der Waals surface area contributed by atoms with Gasteiger partial charge in [0.25, 0.3) is 0 Å². The highest BCUT2D eigenvalue weighted by Crippen LogP contribution is 2.36. The fourth-order valence-electron chi connectivity index (χ4n) is 2.90. The third-order valence-corrected chi connectivity index (χ3v) is 4.64. The van der Waals surface area contributed by atoms with E-state index in [2.05, 4.69) is 27.7 Å². The summed E-state index contributed by atoms with van der Waals surface area (Å²) < 4.78 is 17.8. The molecule has 0 spiro atoms. The molecule has 0 bridgehead atoms. The first-order chi connectivity index (χ1) is 10.1. The van der Waals surface area contributed by atoms with Crippen LogP contribution in [0.4, 0.5) is 0 Å². The average molecular weight is 316 g/mol. The standard InChI is InChI=1S/C18H36O4/c1-8-20-11-15(16-9-14(10-21-16)13(2)3)18(6,7)22-12-17(4,5)19/h13-16,19H,8-12H2,1-7H3. The minimum Gasteiger partial charge on any atom is -0.388 e. The van der Waals surface area contributed by atoms with Crippen LogP contribution >= 0.6 is 0 Å². The zero-order chi connectivity index (χ0) is 17.0. The van der Waals surface area contributed by atoms with Gasteiger partial charge >= 0.3 is 0 Å². The van der Waals surface area contributed by atoms with E-state index in [1.54, 1.807) is 13.8 Å². The lowest BCUT2D eigenvalue weighted by atomic mass is 9.82. The van der Waals surface area contributed by atoms with Crippen LogP contribution in [0.5, 0.6) is 0 Å². The molecule has 0 aromatic carbocycles. The number of rotatable bonds is 9. The molecule has 3 unspecified atom stereocenters. The normalized spacial score (nSPS) is 25.0. The Hall–Kier alpha value is -0.160. The number of hydrogen-bond acceptors (Lipinski definition) is 4. The Morgan fingerprint density at radius 2 is 1.86 bits per heavy atom. The van der Waals surface area contributed by atoms with Gasteiger partial charge in [-0.2, -0.15) is 0 Å². The van der Waals surface area contributed by atoms with Crippen molar-refractivity contribution in [3.8, 4) is 0 Å². The van der Waals surface area contributed by atoms with E-state index in [4.69, 9.17) is 14.2 Å². The van der Waals surface area contributed by atoms with E-state index in [0.29, 0.717) is 31.7 Å². The van der Waals surface area contributed by atoms with Crippen molar-refractivity contribution in [2.24, 2.45) is 17.8 Å². The molecule has 4 nitrogen and oxygen atoms in total. The van der Waals surface area contributed by atoms with Crippen LogP contribution in [0.15, 0.2) is 0 Å². The van der Waals surface area contributed by atoms with Gasteiger partial charge in [-0.05, 0) is 52.9 Å². The van der Waals surface area contributed by atoms with Crippen molar-refractivity contribution in [1.82, 2.24) is 0 Å². The molecule has 0 aliphatic carbocycles. The first-order valence-electron chi connectivity index (χ1n) is 8.62. The first-order valence-corrected chi connectivity index (χ1v) is 8.62. The second-order valence-electron chi connectivity index (χ2n) is 8.08. The molecule has 0 radical (unpaired) electrons. The minimum atomic E-state index is -0.829. The van der Waals surface area contributed by atoms with Crippen molar-refractivity contribution in [3.05, 3.63) is 0 Å². The summed E-state index contributed by atoms with van der Waals surface area (Å²) in [5, 5.41) is 9.93. The predicted molar refractivity (Wildman–Crippen MR) is 89.0 cm³/mol. The Morgan fingerprint density at radius 1 is 1.23 bits per heavy atom. The van der Waals surface area contributed by atoms with Gasteiger partial charge < -0.3 is 19.3 Å². The van der Waals surface area contributed by atoms with Gasteiger partial charge in [-0.3, -0.25) is 0 Å². The maximum atomic E-state index is 9.93. The zero-order valence-electron chi connectivity index (χ0n) is 15.5. The van der Waals surface area contributed by atoms with Gasteiger partial charge in [0, 0.05) is 12.5 Å². The van der Waals surface area contributed by atoms with Gasteiger partial charge in [-0.1, -0.05) is 13.8 Å². The lowest BCUT2D eigenvalue weighted by molar-refractivity contribution is -0.152. The molecule has 1 heterocycles. The van der Waals surface area contributed by atoms with Gasteiger partial charge in [-0.15, -0.1) is 0 Å². The molecule has 0 aromatic heterocycles. The molecule has 4 heteroatoms. The van der Waals surface area contributed by atoms with Crippen molar-refractivity contribution in [2.75, 3.05) is 26.4 Å². The van der Waals surface area contributed by atoms with E-state index in [1.807, 2.05) is 6.92 Å². The smallest absolute Gasteiger partial charge is 0.0824 e. The maximum absolute atomic E-state index is 9.93. The van der Waals surface area contributed by atoms with Crippen LogP contribution in [-0.2, 0) is 14.2 Å². The van der Waals surface area contributed by atoms with Crippen molar-refractivity contribution in [1.29, 1.82) is 0 Å². The Bertz CT molecular complexity index is 320. The molecule has 22 heavy (non-hydrogen) atoms. The highest BCUT2D eigenvalue weighted by Gasteiger charge is 2.42. The van der Waals surface area contributed by atoms with E-state index in [-0.39, 0.29) is 12.0 Å². The Kier molecular flexibility index (Phi) is 7.31. The van der Waals surface area contributed by atoms with Crippen LogP contribution < -0.4 is 0 Å². The molecule has 1 N–H and O–H groups in total. The lowest BCUT2D eigenvalue weighted by Gasteiger charge is -2.39. The van der Waals surface area contributed by atoms with E-state index < -0.39 is 11.2 Å². The van der Waals surface area contributed by atoms with Gasteiger partial charge in [0.05, 0.1) is 37.1 Å². The largest absolute Gasteiger partial charge is 0.388 e. The van der Waals surface area contributed by atoms with Crippen molar-refractivity contribution in [2.45, 2.75) is 72.2 Å². The summed E-state index contributed by atoms with van der Waals surface area (Å²) in [7, 11) is 0. The average Bonchev–Trinajstić information content (AvgIpc) is 2.86. The Balaban J connectivity index is 2.74. The van der Waals surface area contributed by atoms with Gasteiger partial charge in [0.15, 0.2) is 0 Å². The van der Waals surface area contributed by atoms with Crippen LogP contribution in [0, 0.1) is 17.8 Å². The molecular weight excluding hydrogens is 280 g/mol. The zero-order valence-corrected chi connectivity index (χ0v) is 15.5. The number of aliphatic hydroxyl groups is 1. The minimum absolute atomic E-state index is 0.163. The SMILES string of the molecule is CCOCC(C1CC(C(C)C)CO1)C(C)(C)OCC(C)(C)O. The fraction of sp³-hybridized carbons (Fsp3) is 1.00. The molecule has 0 amide bonds. The van der Waals surface area contributed by atoms with Crippen LogP contribution in [0.1, 0.15) is 54.9 Å². The third kappa shape index (κ3) is 6.15. The second-order valence-corrected chi connectivity index (χ2v) is 8.08. The summed E-state index contributed by atoms with van der Waals surface area (Å²) in [6.07, 6.45) is 1.22. The van der Waals surface area contributed by atoms with E-state index in [0.717, 1.165) is 13.0 Å². The second kappa shape index (κ2) is 8.09. The topological polar surface area (TPSA) is 47.9 Å². The highest BCUT2D eigenvalue weighted by molar-refractivity contribution is 4.91. The van der Waals surface area contributed by atoms with E-state index in [1.165, 1.54) is 0 Å². The molecule has 1 saturated heterocycles.